The van der Waals surface area contributed by atoms with Crippen molar-refractivity contribution in [3.8, 4) is 11.9 Å². The number of allylic oxidation sites excluding steroid dienone is 2. The molecule has 0 aliphatic heterocycles. The number of ether oxygens (including phenoxy) is 1. The smallest absolute Gasteiger partial charge is 0.348 e. The summed E-state index contributed by atoms with van der Waals surface area (Å²) >= 11 is 7.22. The molecule has 10 heteroatoms. The highest BCUT2D eigenvalue weighted by molar-refractivity contribution is 7.17. The van der Waals surface area contributed by atoms with Gasteiger partial charge in [-0.2, -0.15) is 10.2 Å². The maximum atomic E-state index is 15.2. The summed E-state index contributed by atoms with van der Waals surface area (Å²) in [6.07, 6.45) is 7.34. The van der Waals surface area contributed by atoms with Gasteiger partial charge in [-0.1, -0.05) is 23.8 Å². The lowest BCUT2D eigenvalue weighted by Crippen LogP contribution is -2.18. The Morgan fingerprint density at radius 3 is 2.84 bits per heavy atom. The van der Waals surface area contributed by atoms with Crippen molar-refractivity contribution >= 4 is 50.7 Å². The van der Waals surface area contributed by atoms with Crippen LogP contribution in [-0.2, 0) is 0 Å². The topological polar surface area (TPSA) is 105 Å². The van der Waals surface area contributed by atoms with E-state index in [-0.39, 0.29) is 48.9 Å². The number of nitrogens with zero attached hydrogens (tertiary/aromatic N) is 2. The minimum atomic E-state index is -0.777. The van der Waals surface area contributed by atoms with Crippen LogP contribution in [0.2, 0.25) is 5.02 Å². The molecular weight excluding hydrogens is 458 g/mol. The molecule has 0 atom stereocenters. The van der Waals surface area contributed by atoms with E-state index in [4.69, 9.17) is 27.3 Å². The van der Waals surface area contributed by atoms with Gasteiger partial charge in [0.1, 0.15) is 23.0 Å². The van der Waals surface area contributed by atoms with E-state index in [0.29, 0.717) is 0 Å². The summed E-state index contributed by atoms with van der Waals surface area (Å²) in [5.74, 6) is -1.37. The van der Waals surface area contributed by atoms with E-state index in [1.165, 1.54) is 24.3 Å². The monoisotopic (exact) mass is 474 g/mol. The lowest BCUT2D eigenvalue weighted by atomic mass is 10.1. The van der Waals surface area contributed by atoms with Crippen molar-refractivity contribution in [2.75, 3.05) is 5.73 Å². The summed E-state index contributed by atoms with van der Waals surface area (Å²) in [6.45, 7) is 0. The van der Waals surface area contributed by atoms with Gasteiger partial charge in [-0.25, -0.2) is 13.6 Å². The molecule has 1 aliphatic rings. The van der Waals surface area contributed by atoms with Crippen LogP contribution in [0.15, 0.2) is 29.1 Å². The molecule has 2 heterocycles. The van der Waals surface area contributed by atoms with Crippen LogP contribution in [-0.4, -0.2) is 16.1 Å². The summed E-state index contributed by atoms with van der Waals surface area (Å²) in [4.78, 5) is 18.4. The molecule has 1 aromatic carbocycles. The molecule has 164 valence electrons. The number of halogens is 3. The number of aromatic amines is 1. The van der Waals surface area contributed by atoms with Crippen molar-refractivity contribution < 1.29 is 13.5 Å². The summed E-state index contributed by atoms with van der Waals surface area (Å²) in [5, 5.41) is 9.46. The van der Waals surface area contributed by atoms with Crippen LogP contribution in [0.25, 0.3) is 22.8 Å². The van der Waals surface area contributed by atoms with E-state index in [2.05, 4.69) is 9.97 Å². The van der Waals surface area contributed by atoms with Gasteiger partial charge in [-0.05, 0) is 43.9 Å². The number of fused-ring (bicyclic) bond motifs is 1. The fourth-order valence-electron chi connectivity index (χ4n) is 3.54. The molecule has 32 heavy (non-hydrogen) atoms. The molecular formula is C22H17ClF2N4O2S. The maximum absolute atomic E-state index is 15.2. The molecule has 3 N–H and O–H groups in total. The number of rotatable bonds is 5. The Bertz CT molecular complexity index is 1350. The number of hydrogen-bond donors (Lipinski definition) is 2. The molecule has 1 aliphatic carbocycles. The molecule has 0 saturated heterocycles. The number of H-pyrrole nitrogens is 1. The molecule has 0 amide bonds. The first kappa shape index (κ1) is 22.0. The molecule has 0 spiro atoms. The first-order valence-corrected chi connectivity index (χ1v) is 11.0. The predicted molar refractivity (Wildman–Crippen MR) is 122 cm³/mol. The van der Waals surface area contributed by atoms with Gasteiger partial charge in [0.25, 0.3) is 0 Å². The summed E-state index contributed by atoms with van der Waals surface area (Å²) in [5.41, 5.74) is 4.99. The fourth-order valence-corrected chi connectivity index (χ4v) is 4.59. The van der Waals surface area contributed by atoms with Gasteiger partial charge in [-0.3, -0.25) is 0 Å². The number of nitriles is 1. The first-order valence-electron chi connectivity index (χ1n) is 9.79. The fraction of sp³-hybridized carbons (Fsp3) is 0.227. The van der Waals surface area contributed by atoms with Crippen molar-refractivity contribution in [1.29, 1.82) is 5.26 Å². The number of nitrogen functional groups attached to an aromatic ring is 1. The molecule has 0 radical (unpaired) electrons. The summed E-state index contributed by atoms with van der Waals surface area (Å²) < 4.78 is 35.4. The number of nitrogens with one attached hydrogen (secondary N) is 1. The number of benzene rings is 1. The zero-order valence-electron chi connectivity index (χ0n) is 16.6. The molecule has 1 saturated carbocycles. The second-order valence-corrected chi connectivity index (χ2v) is 8.75. The average molecular weight is 475 g/mol. The highest BCUT2D eigenvalue weighted by Gasteiger charge is 2.21. The van der Waals surface area contributed by atoms with Gasteiger partial charge in [0.05, 0.1) is 26.4 Å². The highest BCUT2D eigenvalue weighted by atomic mass is 35.5. The van der Waals surface area contributed by atoms with Crippen molar-refractivity contribution in [3.63, 3.8) is 0 Å². The van der Waals surface area contributed by atoms with Crippen molar-refractivity contribution in [2.24, 2.45) is 0 Å². The Hall–Kier alpha value is -3.22. The normalized spacial score (nSPS) is 15.0. The van der Waals surface area contributed by atoms with Gasteiger partial charge >= 0.3 is 5.69 Å². The summed E-state index contributed by atoms with van der Waals surface area (Å²) in [6, 6.07) is 4.68. The summed E-state index contributed by atoms with van der Waals surface area (Å²) in [7, 11) is 0. The highest BCUT2D eigenvalue weighted by Crippen LogP contribution is 2.34. The van der Waals surface area contributed by atoms with E-state index in [0.717, 1.165) is 43.1 Å². The quantitative estimate of drug-likeness (QED) is 0.470. The van der Waals surface area contributed by atoms with Gasteiger partial charge < -0.3 is 15.5 Å². The number of thiophene rings is 1. The predicted octanol–water partition coefficient (Wildman–Crippen LogP) is 5.58. The SMILES string of the molecule is N#Cc1cc(/C(F)=C\C=C\c2c(Cl)cc3c(OC4CCCC4)nc(=O)[nH]c3c2F)sc1N. The maximum Gasteiger partial charge on any atom is 0.348 e. The van der Waals surface area contributed by atoms with Crippen LogP contribution in [0.4, 0.5) is 13.8 Å². The average Bonchev–Trinajstić information content (AvgIpc) is 3.40. The van der Waals surface area contributed by atoms with Crippen LogP contribution in [0, 0.1) is 17.1 Å². The second kappa shape index (κ2) is 9.10. The first-order chi connectivity index (χ1) is 15.4. The van der Waals surface area contributed by atoms with Gasteiger partial charge in [0.15, 0.2) is 5.82 Å². The second-order valence-electron chi connectivity index (χ2n) is 7.25. The third kappa shape index (κ3) is 4.38. The lowest BCUT2D eigenvalue weighted by Gasteiger charge is -2.14. The van der Waals surface area contributed by atoms with Crippen molar-refractivity contribution in [2.45, 2.75) is 31.8 Å². The van der Waals surface area contributed by atoms with Gasteiger partial charge in [0.2, 0.25) is 5.88 Å². The van der Waals surface area contributed by atoms with E-state index < -0.39 is 17.3 Å². The number of nitrogens with two attached hydrogens (primary N) is 1. The number of aromatic nitrogens is 2. The molecule has 0 unspecified atom stereocenters. The van der Waals surface area contributed by atoms with Crippen LogP contribution in [0.5, 0.6) is 5.88 Å². The lowest BCUT2D eigenvalue weighted by molar-refractivity contribution is 0.203. The molecule has 4 rings (SSSR count). The number of anilines is 1. The third-order valence-electron chi connectivity index (χ3n) is 5.12. The Balaban J connectivity index is 1.68. The van der Waals surface area contributed by atoms with E-state index in [9.17, 15) is 9.18 Å². The Labute approximate surface area is 190 Å². The Kier molecular flexibility index (Phi) is 6.26. The molecule has 0 bridgehead atoms. The Morgan fingerprint density at radius 2 is 2.16 bits per heavy atom. The van der Waals surface area contributed by atoms with Crippen LogP contribution < -0.4 is 16.2 Å². The zero-order chi connectivity index (χ0) is 22.8. The largest absolute Gasteiger partial charge is 0.474 e. The molecule has 6 nitrogen and oxygen atoms in total. The van der Waals surface area contributed by atoms with Crippen molar-refractivity contribution in [3.05, 3.63) is 61.6 Å². The van der Waals surface area contributed by atoms with Crippen LogP contribution in [0.3, 0.4) is 0 Å². The van der Waals surface area contributed by atoms with E-state index in [1.54, 1.807) is 0 Å². The van der Waals surface area contributed by atoms with Crippen LogP contribution in [0.1, 0.15) is 41.7 Å². The van der Waals surface area contributed by atoms with Crippen LogP contribution >= 0.6 is 22.9 Å². The molecule has 1 fully saturated rings. The van der Waals surface area contributed by atoms with E-state index >= 15 is 4.39 Å². The Morgan fingerprint density at radius 1 is 1.41 bits per heavy atom. The third-order valence-corrected chi connectivity index (χ3v) is 6.41. The standard InChI is InChI=1S/C22H17ClF2N4O2S/c23-15-9-14-19(28-22(30)29-21(14)31-12-4-1-2-5-12)18(25)13(15)6-3-7-16(24)17-8-11(10-26)20(27)32-17/h3,6-9,12H,1-2,4-5,27H2,(H,28,29,30)/b6-3+,16-7+. The van der Waals surface area contributed by atoms with Gasteiger partial charge in [0, 0.05) is 5.56 Å². The molecule has 2 aromatic heterocycles. The minimum Gasteiger partial charge on any atom is -0.474 e. The zero-order valence-corrected chi connectivity index (χ0v) is 18.2. The van der Waals surface area contributed by atoms with E-state index in [1.807, 2.05) is 6.07 Å². The number of hydrogen-bond acceptors (Lipinski definition) is 6. The molecule has 3 aromatic rings. The van der Waals surface area contributed by atoms with Gasteiger partial charge in [-0.15, -0.1) is 11.3 Å². The minimum absolute atomic E-state index is 0.0275. The van der Waals surface area contributed by atoms with Crippen molar-refractivity contribution in [1.82, 2.24) is 9.97 Å².